The molecule has 0 N–H and O–H groups in total. The minimum Gasteiger partial charge on any atom is -0.293 e. The second-order valence-corrected chi connectivity index (χ2v) is 2.76. The van der Waals surface area contributed by atoms with Gasteiger partial charge in [0.2, 0.25) is 0 Å². The van der Waals surface area contributed by atoms with E-state index >= 15 is 0 Å². The zero-order chi connectivity index (χ0) is 10.1. The van der Waals surface area contributed by atoms with Crippen LogP contribution >= 0.6 is 0 Å². The third kappa shape index (κ3) is 1.41. The average Bonchev–Trinajstić information content (AvgIpc) is 2.70. The molecule has 2 aromatic heterocycles. The highest BCUT2D eigenvalue weighted by Gasteiger charge is 2.05. The van der Waals surface area contributed by atoms with E-state index < -0.39 is 5.82 Å². The van der Waals surface area contributed by atoms with Crippen molar-refractivity contribution in [3.8, 4) is 0 Å². The maximum Gasteiger partial charge on any atom is 0.180 e. The SMILES string of the molecule is CC(=O)c1ccn(-n2cc(F)cn2)n1. The molecule has 0 bridgehead atoms. The van der Waals surface area contributed by atoms with E-state index in [-0.39, 0.29) is 5.78 Å². The minimum atomic E-state index is -0.454. The molecular formula is C8H7FN4O. The highest BCUT2D eigenvalue weighted by molar-refractivity contribution is 5.91. The second-order valence-electron chi connectivity index (χ2n) is 2.76. The van der Waals surface area contributed by atoms with Gasteiger partial charge in [-0.1, -0.05) is 0 Å². The Labute approximate surface area is 78.7 Å². The van der Waals surface area contributed by atoms with Crippen LogP contribution in [0.25, 0.3) is 0 Å². The Balaban J connectivity index is 2.38. The maximum atomic E-state index is 12.6. The van der Waals surface area contributed by atoms with E-state index in [2.05, 4.69) is 10.2 Å². The topological polar surface area (TPSA) is 52.7 Å². The molecule has 2 aromatic rings. The van der Waals surface area contributed by atoms with Crippen LogP contribution in [0, 0.1) is 5.82 Å². The van der Waals surface area contributed by atoms with E-state index in [1.54, 1.807) is 6.07 Å². The molecule has 72 valence electrons. The lowest BCUT2D eigenvalue weighted by Crippen LogP contribution is -2.11. The maximum absolute atomic E-state index is 12.6. The standard InChI is InChI=1S/C8H7FN4O/c1-6(14)8-2-3-12(11-8)13-5-7(9)4-10-13/h2-5H,1H3. The quantitative estimate of drug-likeness (QED) is 0.662. The van der Waals surface area contributed by atoms with Crippen LogP contribution in [0.15, 0.2) is 24.7 Å². The lowest BCUT2D eigenvalue weighted by atomic mass is 10.3. The van der Waals surface area contributed by atoms with Crippen molar-refractivity contribution in [1.29, 1.82) is 0 Å². The zero-order valence-corrected chi connectivity index (χ0v) is 7.38. The summed E-state index contributed by atoms with van der Waals surface area (Å²) < 4.78 is 12.6. The van der Waals surface area contributed by atoms with E-state index in [4.69, 9.17) is 0 Å². The Morgan fingerprint density at radius 1 is 1.50 bits per heavy atom. The molecule has 0 spiro atoms. The van der Waals surface area contributed by atoms with Crippen molar-refractivity contribution in [2.75, 3.05) is 0 Å². The van der Waals surface area contributed by atoms with E-state index in [9.17, 15) is 9.18 Å². The summed E-state index contributed by atoms with van der Waals surface area (Å²) in [5.74, 6) is -0.596. The Hall–Kier alpha value is -1.98. The van der Waals surface area contributed by atoms with Crippen LogP contribution in [0.4, 0.5) is 4.39 Å². The largest absolute Gasteiger partial charge is 0.293 e. The number of hydrogen-bond acceptors (Lipinski definition) is 3. The first-order chi connectivity index (χ1) is 6.66. The van der Waals surface area contributed by atoms with Gasteiger partial charge in [-0.05, 0) is 6.07 Å². The molecule has 5 nitrogen and oxygen atoms in total. The van der Waals surface area contributed by atoms with Gasteiger partial charge in [0.05, 0.1) is 18.6 Å². The normalized spacial score (nSPS) is 10.4. The van der Waals surface area contributed by atoms with Crippen LogP contribution in [0.1, 0.15) is 17.4 Å². The number of halogens is 1. The van der Waals surface area contributed by atoms with Crippen molar-refractivity contribution >= 4 is 5.78 Å². The van der Waals surface area contributed by atoms with Crippen molar-refractivity contribution in [3.63, 3.8) is 0 Å². The molecule has 2 heterocycles. The summed E-state index contributed by atoms with van der Waals surface area (Å²) in [6.45, 7) is 1.41. The predicted octanol–water partition coefficient (Wildman–Crippen LogP) is 0.733. The van der Waals surface area contributed by atoms with Crippen LogP contribution in [0.3, 0.4) is 0 Å². The van der Waals surface area contributed by atoms with Gasteiger partial charge in [-0.3, -0.25) is 4.79 Å². The number of hydrogen-bond donors (Lipinski definition) is 0. The van der Waals surface area contributed by atoms with Gasteiger partial charge in [0.1, 0.15) is 5.69 Å². The van der Waals surface area contributed by atoms with Crippen LogP contribution in [-0.2, 0) is 0 Å². The Kier molecular flexibility index (Phi) is 1.88. The molecule has 0 radical (unpaired) electrons. The number of ketones is 1. The number of aromatic nitrogens is 4. The molecule has 0 saturated carbocycles. The summed E-state index contributed by atoms with van der Waals surface area (Å²) in [7, 11) is 0. The van der Waals surface area contributed by atoms with Gasteiger partial charge >= 0.3 is 0 Å². The number of nitrogens with zero attached hydrogens (tertiary/aromatic N) is 4. The van der Waals surface area contributed by atoms with E-state index in [0.29, 0.717) is 5.69 Å². The lowest BCUT2D eigenvalue weighted by molar-refractivity contribution is 0.101. The molecule has 0 aromatic carbocycles. The Morgan fingerprint density at radius 2 is 2.29 bits per heavy atom. The fraction of sp³-hybridized carbons (Fsp3) is 0.125. The number of carbonyl (C=O) groups is 1. The summed E-state index contributed by atoms with van der Waals surface area (Å²) in [4.78, 5) is 13.4. The molecular weight excluding hydrogens is 187 g/mol. The molecule has 0 amide bonds. The van der Waals surface area contributed by atoms with E-state index in [1.165, 1.54) is 22.7 Å². The summed E-state index contributed by atoms with van der Waals surface area (Å²) in [5, 5.41) is 7.58. The van der Waals surface area contributed by atoms with Crippen molar-refractivity contribution in [1.82, 2.24) is 19.8 Å². The first-order valence-electron chi connectivity index (χ1n) is 3.94. The van der Waals surface area contributed by atoms with Gasteiger partial charge in [-0.25, -0.2) is 4.39 Å². The lowest BCUT2D eigenvalue weighted by Gasteiger charge is -1.97. The van der Waals surface area contributed by atoms with Crippen molar-refractivity contribution in [2.24, 2.45) is 0 Å². The van der Waals surface area contributed by atoms with Crippen molar-refractivity contribution in [2.45, 2.75) is 6.92 Å². The molecule has 14 heavy (non-hydrogen) atoms. The van der Waals surface area contributed by atoms with Gasteiger partial charge < -0.3 is 0 Å². The van der Waals surface area contributed by atoms with Gasteiger partial charge in [0.25, 0.3) is 0 Å². The zero-order valence-electron chi connectivity index (χ0n) is 7.38. The van der Waals surface area contributed by atoms with Gasteiger partial charge in [-0.15, -0.1) is 5.10 Å². The molecule has 0 aliphatic carbocycles. The minimum absolute atomic E-state index is 0.142. The van der Waals surface area contributed by atoms with Crippen molar-refractivity contribution < 1.29 is 9.18 Å². The van der Waals surface area contributed by atoms with Gasteiger partial charge in [0, 0.05) is 6.92 Å². The van der Waals surface area contributed by atoms with Crippen LogP contribution in [0.5, 0.6) is 0 Å². The molecule has 0 saturated heterocycles. The smallest absolute Gasteiger partial charge is 0.180 e. The van der Waals surface area contributed by atoms with Crippen LogP contribution < -0.4 is 0 Å². The highest BCUT2D eigenvalue weighted by atomic mass is 19.1. The first kappa shape index (κ1) is 8.61. The molecule has 0 fully saturated rings. The predicted molar refractivity (Wildman–Crippen MR) is 45.2 cm³/mol. The first-order valence-corrected chi connectivity index (χ1v) is 3.94. The third-order valence-corrected chi connectivity index (χ3v) is 1.68. The number of rotatable bonds is 2. The molecule has 0 aliphatic heterocycles. The second kappa shape index (κ2) is 3.06. The fourth-order valence-corrected chi connectivity index (χ4v) is 1.02. The van der Waals surface area contributed by atoms with Crippen LogP contribution in [0.2, 0.25) is 0 Å². The number of carbonyl (C=O) groups excluding carboxylic acids is 1. The number of Topliss-reactive ketones (excluding diaryl/α,β-unsaturated/α-hetero) is 1. The molecule has 0 atom stereocenters. The van der Waals surface area contributed by atoms with E-state index in [1.807, 2.05) is 0 Å². The summed E-state index contributed by atoms with van der Waals surface area (Å²) >= 11 is 0. The molecule has 0 unspecified atom stereocenters. The molecule has 2 rings (SSSR count). The Morgan fingerprint density at radius 3 is 2.79 bits per heavy atom. The van der Waals surface area contributed by atoms with Crippen LogP contribution in [-0.4, -0.2) is 25.6 Å². The summed E-state index contributed by atoms with van der Waals surface area (Å²) in [5.41, 5.74) is 0.320. The van der Waals surface area contributed by atoms with Gasteiger partial charge in [0.15, 0.2) is 11.6 Å². The van der Waals surface area contributed by atoms with Crippen molar-refractivity contribution in [3.05, 3.63) is 36.2 Å². The molecule has 6 heteroatoms. The third-order valence-electron chi connectivity index (χ3n) is 1.68. The molecule has 0 aliphatic rings. The van der Waals surface area contributed by atoms with Gasteiger partial charge in [-0.2, -0.15) is 14.7 Å². The monoisotopic (exact) mass is 194 g/mol. The summed E-state index contributed by atoms with van der Waals surface area (Å²) in [6, 6.07) is 1.54. The Bertz CT molecular complexity index is 473. The van der Waals surface area contributed by atoms with E-state index in [0.717, 1.165) is 12.4 Å². The summed E-state index contributed by atoms with van der Waals surface area (Å²) in [6.07, 6.45) is 3.76. The fourth-order valence-electron chi connectivity index (χ4n) is 1.02. The highest BCUT2D eigenvalue weighted by Crippen LogP contribution is 1.99. The average molecular weight is 194 g/mol.